The molecule has 3 aromatic rings. The number of aromatic nitrogens is 2. The summed E-state index contributed by atoms with van der Waals surface area (Å²) in [7, 11) is 0. The number of thioether (sulfide) groups is 1. The van der Waals surface area contributed by atoms with Crippen LogP contribution in [0, 0.1) is 0 Å². The number of fused-ring (bicyclic) bond motifs is 2. The summed E-state index contributed by atoms with van der Waals surface area (Å²) in [4.78, 5) is 17.3. The van der Waals surface area contributed by atoms with Crippen LogP contribution in [0.5, 0.6) is 11.5 Å². The van der Waals surface area contributed by atoms with E-state index in [9.17, 15) is 4.79 Å². The van der Waals surface area contributed by atoms with Gasteiger partial charge >= 0.3 is 0 Å². The van der Waals surface area contributed by atoms with E-state index in [0.29, 0.717) is 30.4 Å². The molecule has 0 saturated heterocycles. The zero-order valence-electron chi connectivity index (χ0n) is 15.1. The third-order valence-electron chi connectivity index (χ3n) is 4.34. The Morgan fingerprint density at radius 3 is 2.85 bits per heavy atom. The predicted octanol–water partition coefficient (Wildman–Crippen LogP) is 3.70. The molecule has 7 heteroatoms. The van der Waals surface area contributed by atoms with Crippen molar-refractivity contribution in [3.05, 3.63) is 48.3 Å². The molecule has 1 aliphatic rings. The van der Waals surface area contributed by atoms with Gasteiger partial charge in [-0.05, 0) is 30.5 Å². The van der Waals surface area contributed by atoms with Crippen LogP contribution in [-0.2, 0) is 17.1 Å². The number of nitrogens with zero attached hydrogens (tertiary/aromatic N) is 2. The van der Waals surface area contributed by atoms with Crippen molar-refractivity contribution in [2.24, 2.45) is 0 Å². The van der Waals surface area contributed by atoms with Crippen LogP contribution >= 0.6 is 11.8 Å². The summed E-state index contributed by atoms with van der Waals surface area (Å²) in [6, 6.07) is 13.4. The second-order valence-corrected chi connectivity index (χ2v) is 7.16. The fourth-order valence-electron chi connectivity index (χ4n) is 3.13. The summed E-state index contributed by atoms with van der Waals surface area (Å²) in [5.74, 6) is 2.94. The first-order valence-corrected chi connectivity index (χ1v) is 10.3. The molecular formula is C20H21N3O3S. The summed E-state index contributed by atoms with van der Waals surface area (Å²) < 4.78 is 13.3. The second-order valence-electron chi connectivity index (χ2n) is 6.30. The summed E-state index contributed by atoms with van der Waals surface area (Å²) in [5, 5.41) is 2.95. The third-order valence-corrected chi connectivity index (χ3v) is 4.89. The van der Waals surface area contributed by atoms with Gasteiger partial charge in [-0.25, -0.2) is 4.98 Å². The monoisotopic (exact) mass is 383 g/mol. The molecule has 2 aromatic carbocycles. The number of benzene rings is 2. The average molecular weight is 383 g/mol. The Labute approximate surface area is 161 Å². The molecule has 1 amide bonds. The molecule has 0 saturated carbocycles. The summed E-state index contributed by atoms with van der Waals surface area (Å²) >= 11 is 1.69. The van der Waals surface area contributed by atoms with Crippen LogP contribution in [-0.4, -0.2) is 34.9 Å². The summed E-state index contributed by atoms with van der Waals surface area (Å²) in [6.07, 6.45) is 2.88. The van der Waals surface area contributed by atoms with Crippen molar-refractivity contribution in [2.75, 3.05) is 24.8 Å². The maximum atomic E-state index is 12.7. The molecular weight excluding hydrogens is 362 g/mol. The molecule has 2 heterocycles. The second kappa shape index (κ2) is 7.92. The lowest BCUT2D eigenvalue weighted by Crippen LogP contribution is -2.20. The molecule has 4 rings (SSSR count). The van der Waals surface area contributed by atoms with E-state index in [1.54, 1.807) is 11.8 Å². The average Bonchev–Trinajstić information content (AvgIpc) is 2.85. The van der Waals surface area contributed by atoms with Crippen molar-refractivity contribution >= 4 is 34.4 Å². The van der Waals surface area contributed by atoms with Gasteiger partial charge < -0.3 is 19.4 Å². The van der Waals surface area contributed by atoms with Crippen LogP contribution in [0.1, 0.15) is 12.2 Å². The first-order chi connectivity index (χ1) is 13.2. The van der Waals surface area contributed by atoms with Crippen LogP contribution in [0.3, 0.4) is 0 Å². The Bertz CT molecular complexity index is 970. The molecule has 0 fully saturated rings. The third kappa shape index (κ3) is 3.88. The van der Waals surface area contributed by atoms with Gasteiger partial charge in [0, 0.05) is 18.2 Å². The minimum atomic E-state index is -0.102. The van der Waals surface area contributed by atoms with Crippen molar-refractivity contribution in [2.45, 2.75) is 18.7 Å². The molecule has 1 N–H and O–H groups in total. The van der Waals surface area contributed by atoms with Gasteiger partial charge in [0.05, 0.1) is 30.0 Å². The van der Waals surface area contributed by atoms with Crippen molar-refractivity contribution < 1.29 is 14.3 Å². The number of para-hydroxylation sites is 2. The quantitative estimate of drug-likeness (QED) is 0.728. The highest BCUT2D eigenvalue weighted by molar-refractivity contribution is 7.97. The molecule has 1 aliphatic heterocycles. The number of carbonyl (C=O) groups is 1. The van der Waals surface area contributed by atoms with Gasteiger partial charge in [-0.1, -0.05) is 12.1 Å². The molecule has 0 atom stereocenters. The Morgan fingerprint density at radius 1 is 1.19 bits per heavy atom. The molecule has 0 radical (unpaired) electrons. The van der Waals surface area contributed by atoms with Gasteiger partial charge in [-0.3, -0.25) is 4.79 Å². The normalized spacial score (nSPS) is 13.4. The van der Waals surface area contributed by atoms with Crippen LogP contribution in [0.15, 0.2) is 42.5 Å². The zero-order valence-corrected chi connectivity index (χ0v) is 15.9. The van der Waals surface area contributed by atoms with Crippen LogP contribution in [0.4, 0.5) is 5.69 Å². The Morgan fingerprint density at radius 2 is 2.00 bits per heavy atom. The smallest absolute Gasteiger partial charge is 0.244 e. The molecule has 6 nitrogen and oxygen atoms in total. The largest absolute Gasteiger partial charge is 0.490 e. The van der Waals surface area contributed by atoms with Crippen LogP contribution < -0.4 is 14.8 Å². The Balaban J connectivity index is 1.54. The summed E-state index contributed by atoms with van der Waals surface area (Å²) in [5.41, 5.74) is 2.57. The first kappa shape index (κ1) is 17.7. The zero-order chi connectivity index (χ0) is 18.6. The highest BCUT2D eigenvalue weighted by atomic mass is 32.2. The van der Waals surface area contributed by atoms with Crippen molar-refractivity contribution in [1.82, 2.24) is 9.55 Å². The van der Waals surface area contributed by atoms with Gasteiger partial charge in [0.1, 0.15) is 12.4 Å². The maximum Gasteiger partial charge on any atom is 0.244 e. The lowest BCUT2D eigenvalue weighted by atomic mass is 10.2. The van der Waals surface area contributed by atoms with E-state index in [-0.39, 0.29) is 12.5 Å². The topological polar surface area (TPSA) is 65.4 Å². The minimum Gasteiger partial charge on any atom is -0.490 e. The van der Waals surface area contributed by atoms with Crippen molar-refractivity contribution in [3.8, 4) is 11.5 Å². The molecule has 0 bridgehead atoms. The number of ether oxygens (including phenoxy) is 2. The predicted molar refractivity (Wildman–Crippen MR) is 108 cm³/mol. The summed E-state index contributed by atoms with van der Waals surface area (Å²) in [6.45, 7) is 1.47. The van der Waals surface area contributed by atoms with Crippen LogP contribution in [0.25, 0.3) is 11.0 Å². The number of imidazole rings is 1. The molecule has 1 aromatic heterocycles. The van der Waals surface area contributed by atoms with Gasteiger partial charge in [0.25, 0.3) is 0 Å². The lowest BCUT2D eigenvalue weighted by molar-refractivity contribution is -0.116. The number of hydrogen-bond donors (Lipinski definition) is 1. The minimum absolute atomic E-state index is 0.102. The first-order valence-electron chi connectivity index (χ1n) is 8.87. The SMILES string of the molecule is CSCc1nc2ccccc2n1CC(=O)Nc1ccc2c(c1)OCCCO2. The van der Waals surface area contributed by atoms with Crippen molar-refractivity contribution in [1.29, 1.82) is 0 Å². The fourth-order valence-corrected chi connectivity index (χ4v) is 3.60. The Hall–Kier alpha value is -2.67. The van der Waals surface area contributed by atoms with Gasteiger partial charge in [-0.2, -0.15) is 11.8 Å². The maximum absolute atomic E-state index is 12.7. The molecule has 27 heavy (non-hydrogen) atoms. The molecule has 0 aliphatic carbocycles. The molecule has 0 unspecified atom stereocenters. The van der Waals surface area contributed by atoms with Gasteiger partial charge in [0.15, 0.2) is 11.5 Å². The number of amides is 1. The van der Waals surface area contributed by atoms with Gasteiger partial charge in [-0.15, -0.1) is 0 Å². The molecule has 0 spiro atoms. The van der Waals surface area contributed by atoms with Crippen LogP contribution in [0.2, 0.25) is 0 Å². The highest BCUT2D eigenvalue weighted by Crippen LogP contribution is 2.32. The highest BCUT2D eigenvalue weighted by Gasteiger charge is 2.15. The number of carbonyl (C=O) groups excluding carboxylic acids is 1. The lowest BCUT2D eigenvalue weighted by Gasteiger charge is -2.12. The fraction of sp³-hybridized carbons (Fsp3) is 0.300. The van der Waals surface area contributed by atoms with E-state index in [0.717, 1.165) is 29.0 Å². The standard InChI is InChI=1S/C20H21N3O3S/c1-27-13-19-22-15-5-2-3-6-16(15)23(19)12-20(24)21-14-7-8-17-18(11-14)26-10-4-9-25-17/h2-3,5-8,11H,4,9-10,12-13H2,1H3,(H,21,24). The van der Waals surface area contributed by atoms with E-state index in [1.807, 2.05) is 53.3 Å². The van der Waals surface area contributed by atoms with E-state index < -0.39 is 0 Å². The number of nitrogens with one attached hydrogen (secondary N) is 1. The number of rotatable bonds is 5. The van der Waals surface area contributed by atoms with Gasteiger partial charge in [0.2, 0.25) is 5.91 Å². The number of hydrogen-bond acceptors (Lipinski definition) is 5. The van der Waals surface area contributed by atoms with E-state index in [1.165, 1.54) is 0 Å². The molecule has 140 valence electrons. The van der Waals surface area contributed by atoms with E-state index in [4.69, 9.17) is 9.47 Å². The van der Waals surface area contributed by atoms with E-state index >= 15 is 0 Å². The number of anilines is 1. The van der Waals surface area contributed by atoms with E-state index in [2.05, 4.69) is 10.3 Å². The van der Waals surface area contributed by atoms with Crippen molar-refractivity contribution in [3.63, 3.8) is 0 Å². The Kier molecular flexibility index (Phi) is 5.20.